The monoisotopic (exact) mass is 569 g/mol. The summed E-state index contributed by atoms with van der Waals surface area (Å²) in [4.78, 5) is 29.7. The number of likely N-dealkylation sites (N-methyl/N-ethyl adjacent to an activating group) is 1. The number of hydrogen-bond donors (Lipinski definition) is 0. The minimum Gasteiger partial charge on any atom is -0.492 e. The molecule has 42 heavy (non-hydrogen) atoms. The van der Waals surface area contributed by atoms with Crippen molar-refractivity contribution in [3.63, 3.8) is 0 Å². The third-order valence-electron chi connectivity index (χ3n) is 8.23. The topological polar surface area (TPSA) is 71.0 Å². The van der Waals surface area contributed by atoms with Gasteiger partial charge in [-0.15, -0.1) is 0 Å². The van der Waals surface area contributed by atoms with Gasteiger partial charge < -0.3 is 14.4 Å². The number of ether oxygens (including phenoxy) is 2. The molecule has 0 radical (unpaired) electrons. The van der Waals surface area contributed by atoms with Gasteiger partial charge in [-0.05, 0) is 60.8 Å². The second-order valence-electron chi connectivity index (χ2n) is 11.1. The number of benzene rings is 2. The highest BCUT2D eigenvalue weighted by Gasteiger charge is 2.20. The number of carbonyl (C=O) groups is 1. The summed E-state index contributed by atoms with van der Waals surface area (Å²) >= 11 is 0. The van der Waals surface area contributed by atoms with E-state index < -0.39 is 0 Å². The van der Waals surface area contributed by atoms with Crippen LogP contribution in [0.1, 0.15) is 40.6 Å². The molecule has 0 atom stereocenters. The Morgan fingerprint density at radius 2 is 1.79 bits per heavy atom. The molecule has 1 fully saturated rings. The molecule has 1 aromatic heterocycles. The van der Waals surface area contributed by atoms with E-state index in [9.17, 15) is 4.79 Å². The van der Waals surface area contributed by atoms with Crippen LogP contribution in [0.15, 0.2) is 60.8 Å². The summed E-state index contributed by atoms with van der Waals surface area (Å²) in [5.41, 5.74) is 5.41. The first kappa shape index (κ1) is 29.9. The average Bonchev–Trinajstić information content (AvgIpc) is 2.99. The Labute approximate surface area is 250 Å². The third kappa shape index (κ3) is 7.82. The van der Waals surface area contributed by atoms with Gasteiger partial charge in [-0.3, -0.25) is 14.6 Å². The van der Waals surface area contributed by atoms with E-state index in [1.807, 2.05) is 30.4 Å². The molecule has 2 aliphatic rings. The first-order valence-corrected chi connectivity index (χ1v) is 15.1. The minimum atomic E-state index is 0.00532. The maximum Gasteiger partial charge on any atom is 0.232 e. The van der Waals surface area contributed by atoms with Gasteiger partial charge in [-0.2, -0.15) is 0 Å². The van der Waals surface area contributed by atoms with Crippen LogP contribution in [-0.4, -0.2) is 84.7 Å². The zero-order valence-corrected chi connectivity index (χ0v) is 25.2. The van der Waals surface area contributed by atoms with E-state index in [1.54, 1.807) is 11.1 Å². The zero-order valence-electron chi connectivity index (χ0n) is 25.2. The number of nitrogens with zero attached hydrogens (tertiary/aromatic N) is 5. The number of piperazine rings is 1. The van der Waals surface area contributed by atoms with Gasteiger partial charge in [0.05, 0.1) is 19.6 Å². The SMILES string of the molecule is CCN1CCN(CCOc2ccc3cc2COC/C=C/CN(C(=O)Cc2c(C)cccc2C)c2ccnc(n2)C3)CC1. The van der Waals surface area contributed by atoms with Crippen LogP contribution in [0, 0.1) is 13.8 Å². The van der Waals surface area contributed by atoms with Gasteiger partial charge in [0.25, 0.3) is 0 Å². The lowest BCUT2D eigenvalue weighted by Gasteiger charge is -2.33. The standard InChI is InChI=1S/C34H43N5O3/c1-4-37-15-17-38(18-16-37)19-21-42-31-11-10-28-22-29(31)25-41-20-6-5-14-39(33-12-13-35-32(23-28)36-33)34(40)24-30-26(2)8-7-9-27(30)3/h5-13,22H,4,14-21,23-25H2,1-3H3/b6-5+. The molecule has 3 heterocycles. The van der Waals surface area contributed by atoms with Crippen molar-refractivity contribution in [3.05, 3.63) is 94.5 Å². The normalized spacial score (nSPS) is 17.5. The van der Waals surface area contributed by atoms with Gasteiger partial charge in [0.15, 0.2) is 0 Å². The van der Waals surface area contributed by atoms with Crippen molar-refractivity contribution in [2.45, 2.75) is 40.2 Å². The Kier molecular flexibility index (Phi) is 10.3. The van der Waals surface area contributed by atoms with E-state index in [0.717, 1.165) is 72.8 Å². The fourth-order valence-electron chi connectivity index (χ4n) is 5.60. The van der Waals surface area contributed by atoms with Crippen LogP contribution >= 0.6 is 0 Å². The lowest BCUT2D eigenvalue weighted by Crippen LogP contribution is -2.47. The first-order chi connectivity index (χ1) is 20.5. The van der Waals surface area contributed by atoms with E-state index in [4.69, 9.17) is 14.5 Å². The highest BCUT2D eigenvalue weighted by atomic mass is 16.5. The molecule has 1 saturated heterocycles. The van der Waals surface area contributed by atoms with Crippen LogP contribution in [-0.2, 0) is 29.0 Å². The van der Waals surface area contributed by atoms with Crippen LogP contribution in [0.5, 0.6) is 5.75 Å². The Balaban J connectivity index is 1.30. The molecule has 0 unspecified atom stereocenters. The van der Waals surface area contributed by atoms with Gasteiger partial charge in [-0.1, -0.05) is 43.3 Å². The largest absolute Gasteiger partial charge is 0.492 e. The van der Waals surface area contributed by atoms with Crippen LogP contribution in [0.25, 0.3) is 0 Å². The summed E-state index contributed by atoms with van der Waals surface area (Å²) in [6, 6.07) is 14.2. The fraction of sp³-hybridized carbons (Fsp3) is 0.441. The number of hydrogen-bond acceptors (Lipinski definition) is 7. The molecule has 0 aliphatic carbocycles. The summed E-state index contributed by atoms with van der Waals surface area (Å²) in [6.45, 7) is 14.7. The highest BCUT2D eigenvalue weighted by Crippen LogP contribution is 2.24. The number of fused-ring (bicyclic) bond motifs is 4. The van der Waals surface area contributed by atoms with Crippen molar-refractivity contribution >= 4 is 11.7 Å². The molecular weight excluding hydrogens is 526 g/mol. The second kappa shape index (κ2) is 14.5. The quantitative estimate of drug-likeness (QED) is 0.392. The Morgan fingerprint density at radius 1 is 1.00 bits per heavy atom. The van der Waals surface area contributed by atoms with Gasteiger partial charge in [-0.25, -0.2) is 9.97 Å². The number of aromatic nitrogens is 2. The number of carbonyl (C=O) groups excluding carboxylic acids is 1. The lowest BCUT2D eigenvalue weighted by atomic mass is 9.99. The van der Waals surface area contributed by atoms with E-state index in [-0.39, 0.29) is 5.91 Å². The third-order valence-corrected chi connectivity index (χ3v) is 8.23. The molecule has 2 aromatic carbocycles. The molecule has 0 N–H and O–H groups in total. The van der Waals surface area contributed by atoms with Gasteiger partial charge in [0.2, 0.25) is 5.91 Å². The van der Waals surface area contributed by atoms with Crippen molar-refractivity contribution in [2.24, 2.45) is 0 Å². The summed E-state index contributed by atoms with van der Waals surface area (Å²) in [7, 11) is 0. The Bertz CT molecular complexity index is 1360. The van der Waals surface area contributed by atoms with Crippen LogP contribution in [0.3, 0.4) is 0 Å². The molecular formula is C34H43N5O3. The number of anilines is 1. The van der Waals surface area contributed by atoms with Crippen LogP contribution < -0.4 is 9.64 Å². The maximum atomic E-state index is 13.6. The van der Waals surface area contributed by atoms with Crippen molar-refractivity contribution in [2.75, 3.05) is 63.9 Å². The summed E-state index contributed by atoms with van der Waals surface area (Å²) in [6.07, 6.45) is 6.56. The molecule has 1 amide bonds. The first-order valence-electron chi connectivity index (χ1n) is 15.1. The number of rotatable bonds is 7. The predicted octanol–water partition coefficient (Wildman–Crippen LogP) is 4.36. The van der Waals surface area contributed by atoms with Gasteiger partial charge in [0, 0.05) is 57.4 Å². The molecule has 5 rings (SSSR count). The van der Waals surface area contributed by atoms with E-state index in [1.165, 1.54) is 0 Å². The fourth-order valence-corrected chi connectivity index (χ4v) is 5.60. The average molecular weight is 570 g/mol. The van der Waals surface area contributed by atoms with Gasteiger partial charge >= 0.3 is 0 Å². The van der Waals surface area contributed by atoms with Gasteiger partial charge in [0.1, 0.15) is 24.0 Å². The molecule has 4 bridgehead atoms. The van der Waals surface area contributed by atoms with Crippen molar-refractivity contribution in [3.8, 4) is 5.75 Å². The smallest absolute Gasteiger partial charge is 0.232 e. The molecule has 8 heteroatoms. The van der Waals surface area contributed by atoms with Crippen molar-refractivity contribution < 1.29 is 14.3 Å². The Hall–Kier alpha value is -3.59. The molecule has 0 spiro atoms. The maximum absolute atomic E-state index is 13.6. The summed E-state index contributed by atoms with van der Waals surface area (Å²) in [5, 5.41) is 0. The van der Waals surface area contributed by atoms with E-state index >= 15 is 0 Å². The number of aryl methyl sites for hydroxylation is 2. The lowest BCUT2D eigenvalue weighted by molar-refractivity contribution is -0.117. The summed E-state index contributed by atoms with van der Waals surface area (Å²) < 4.78 is 12.3. The molecule has 3 aromatic rings. The summed E-state index contributed by atoms with van der Waals surface area (Å²) in [5.74, 6) is 2.15. The van der Waals surface area contributed by atoms with Crippen LogP contribution in [0.4, 0.5) is 5.82 Å². The molecule has 0 saturated carbocycles. The highest BCUT2D eigenvalue weighted by molar-refractivity contribution is 5.94. The van der Waals surface area contributed by atoms with Crippen LogP contribution in [0.2, 0.25) is 0 Å². The van der Waals surface area contributed by atoms with Crippen molar-refractivity contribution in [1.29, 1.82) is 0 Å². The predicted molar refractivity (Wildman–Crippen MR) is 166 cm³/mol. The molecule has 8 nitrogen and oxygen atoms in total. The molecule has 2 aliphatic heterocycles. The van der Waals surface area contributed by atoms with E-state index in [0.29, 0.717) is 50.8 Å². The van der Waals surface area contributed by atoms with Crippen molar-refractivity contribution in [1.82, 2.24) is 19.8 Å². The minimum absolute atomic E-state index is 0.00532. The Morgan fingerprint density at radius 3 is 2.57 bits per heavy atom. The van der Waals surface area contributed by atoms with E-state index in [2.05, 4.69) is 59.8 Å². The molecule has 222 valence electrons. The number of amides is 1. The second-order valence-corrected chi connectivity index (χ2v) is 11.1. The zero-order chi connectivity index (χ0) is 29.3.